The van der Waals surface area contributed by atoms with Crippen molar-refractivity contribution >= 4 is 15.9 Å². The van der Waals surface area contributed by atoms with E-state index in [9.17, 15) is 4.39 Å². The van der Waals surface area contributed by atoms with Crippen molar-refractivity contribution in [2.24, 2.45) is 5.84 Å². The van der Waals surface area contributed by atoms with Gasteiger partial charge >= 0.3 is 0 Å². The topological polar surface area (TPSA) is 60.2 Å². The molecule has 0 amide bonds. The van der Waals surface area contributed by atoms with Crippen molar-refractivity contribution in [2.75, 3.05) is 7.11 Å². The molecule has 1 unspecified atom stereocenters. The number of nitrogens with two attached hydrogens (primary N) is 1. The second-order valence-electron chi connectivity index (χ2n) is 3.93. The average Bonchev–Trinajstić information content (AvgIpc) is 2.44. The van der Waals surface area contributed by atoms with Crippen LogP contribution in [0.2, 0.25) is 0 Å². The number of hydrazine groups is 1. The van der Waals surface area contributed by atoms with E-state index in [0.717, 1.165) is 11.1 Å². The lowest BCUT2D eigenvalue weighted by molar-refractivity contribution is 0.411. The molecule has 1 heterocycles. The molecule has 1 aromatic carbocycles. The van der Waals surface area contributed by atoms with Crippen LogP contribution in [0.1, 0.15) is 17.2 Å². The monoisotopic (exact) mass is 325 g/mol. The van der Waals surface area contributed by atoms with Crippen molar-refractivity contribution in [3.05, 3.63) is 58.1 Å². The molecule has 100 valence electrons. The third-order valence-corrected chi connectivity index (χ3v) is 3.35. The highest BCUT2D eigenvalue weighted by Crippen LogP contribution is 2.26. The predicted molar refractivity (Wildman–Crippen MR) is 74.1 cm³/mol. The first-order valence-corrected chi connectivity index (χ1v) is 6.35. The molecule has 0 radical (unpaired) electrons. The van der Waals surface area contributed by atoms with Gasteiger partial charge < -0.3 is 4.74 Å². The molecule has 0 spiro atoms. The van der Waals surface area contributed by atoms with E-state index in [2.05, 4.69) is 26.3 Å². The molecule has 0 fully saturated rings. The maximum atomic E-state index is 13.3. The fourth-order valence-corrected chi connectivity index (χ4v) is 2.18. The van der Waals surface area contributed by atoms with E-state index in [1.807, 2.05) is 6.07 Å². The molecule has 6 heteroatoms. The number of nitrogens with one attached hydrogen (secondary N) is 1. The lowest BCUT2D eigenvalue weighted by atomic mass is 10.0. The molecular weight excluding hydrogens is 313 g/mol. The van der Waals surface area contributed by atoms with E-state index in [-0.39, 0.29) is 11.9 Å². The van der Waals surface area contributed by atoms with Gasteiger partial charge in [0.15, 0.2) is 0 Å². The van der Waals surface area contributed by atoms with Crippen molar-refractivity contribution in [3.63, 3.8) is 0 Å². The van der Waals surface area contributed by atoms with Crippen LogP contribution in [0.5, 0.6) is 5.75 Å². The summed E-state index contributed by atoms with van der Waals surface area (Å²) in [4.78, 5) is 4.08. The van der Waals surface area contributed by atoms with Crippen LogP contribution >= 0.6 is 15.9 Å². The molecule has 0 saturated heterocycles. The summed E-state index contributed by atoms with van der Waals surface area (Å²) in [5.41, 5.74) is 4.35. The summed E-state index contributed by atoms with van der Waals surface area (Å²) in [7, 11) is 1.57. The van der Waals surface area contributed by atoms with Crippen molar-refractivity contribution < 1.29 is 9.13 Å². The molecule has 19 heavy (non-hydrogen) atoms. The van der Waals surface area contributed by atoms with E-state index in [4.69, 9.17) is 10.6 Å². The normalized spacial score (nSPS) is 12.2. The van der Waals surface area contributed by atoms with Crippen LogP contribution in [0, 0.1) is 5.82 Å². The highest BCUT2D eigenvalue weighted by atomic mass is 79.9. The molecule has 4 nitrogen and oxygen atoms in total. The van der Waals surface area contributed by atoms with E-state index in [1.165, 1.54) is 6.07 Å². The van der Waals surface area contributed by atoms with Gasteiger partial charge in [-0.25, -0.2) is 9.82 Å². The van der Waals surface area contributed by atoms with E-state index < -0.39 is 0 Å². The maximum absolute atomic E-state index is 13.3. The van der Waals surface area contributed by atoms with Crippen molar-refractivity contribution in [2.45, 2.75) is 6.04 Å². The second-order valence-corrected chi connectivity index (χ2v) is 4.79. The zero-order valence-corrected chi connectivity index (χ0v) is 11.8. The summed E-state index contributed by atoms with van der Waals surface area (Å²) in [5.74, 6) is 5.91. The molecule has 0 aliphatic carbocycles. The number of rotatable bonds is 4. The van der Waals surface area contributed by atoms with Gasteiger partial charge in [0.2, 0.25) is 0 Å². The Bertz CT molecular complexity index is 580. The number of halogens is 2. The Morgan fingerprint density at radius 3 is 2.74 bits per heavy atom. The van der Waals surface area contributed by atoms with Gasteiger partial charge in [0.1, 0.15) is 11.6 Å². The van der Waals surface area contributed by atoms with E-state index in [0.29, 0.717) is 10.2 Å². The fourth-order valence-electron chi connectivity index (χ4n) is 1.78. The third kappa shape index (κ3) is 3.09. The van der Waals surface area contributed by atoms with Gasteiger partial charge in [0.25, 0.3) is 0 Å². The SMILES string of the molecule is COc1cncc(C(NN)c2ccc(F)c(Br)c2)c1. The van der Waals surface area contributed by atoms with Crippen LogP contribution in [0.25, 0.3) is 0 Å². The summed E-state index contributed by atoms with van der Waals surface area (Å²) >= 11 is 3.16. The zero-order valence-electron chi connectivity index (χ0n) is 10.2. The Hall–Kier alpha value is -1.50. The number of pyridine rings is 1. The highest BCUT2D eigenvalue weighted by Gasteiger charge is 2.15. The minimum absolute atomic E-state index is 0.292. The van der Waals surface area contributed by atoms with E-state index >= 15 is 0 Å². The van der Waals surface area contributed by atoms with Gasteiger partial charge in [0, 0.05) is 6.20 Å². The number of ether oxygens (including phenoxy) is 1. The Morgan fingerprint density at radius 1 is 1.32 bits per heavy atom. The van der Waals surface area contributed by atoms with Crippen molar-refractivity contribution in [1.29, 1.82) is 0 Å². The molecular formula is C13H13BrFN3O. The Labute approximate surface area is 118 Å². The minimum atomic E-state index is -0.316. The largest absolute Gasteiger partial charge is 0.495 e. The number of methoxy groups -OCH3 is 1. The molecule has 0 aliphatic heterocycles. The molecule has 0 aliphatic rings. The van der Waals surface area contributed by atoms with Crippen LogP contribution < -0.4 is 16.0 Å². The lowest BCUT2D eigenvalue weighted by Crippen LogP contribution is -2.29. The number of hydrogen-bond donors (Lipinski definition) is 2. The molecule has 3 N–H and O–H groups in total. The van der Waals surface area contributed by atoms with Crippen LogP contribution in [0.3, 0.4) is 0 Å². The number of benzene rings is 1. The first kappa shape index (κ1) is 13.9. The molecule has 1 aromatic heterocycles. The summed E-state index contributed by atoms with van der Waals surface area (Å²) in [5, 5.41) is 0. The quantitative estimate of drug-likeness (QED) is 0.670. The van der Waals surface area contributed by atoms with Crippen molar-refractivity contribution in [1.82, 2.24) is 10.4 Å². The Morgan fingerprint density at radius 2 is 2.11 bits per heavy atom. The fraction of sp³-hybridized carbons (Fsp3) is 0.154. The maximum Gasteiger partial charge on any atom is 0.137 e. The summed E-state index contributed by atoms with van der Waals surface area (Å²) in [6.45, 7) is 0. The minimum Gasteiger partial charge on any atom is -0.495 e. The second kappa shape index (κ2) is 6.10. The first-order chi connectivity index (χ1) is 9.15. The summed E-state index contributed by atoms with van der Waals surface area (Å²) in [6, 6.07) is 6.27. The smallest absolute Gasteiger partial charge is 0.137 e. The average molecular weight is 326 g/mol. The van der Waals surface area contributed by atoms with Gasteiger partial charge in [-0.3, -0.25) is 10.8 Å². The molecule has 2 rings (SSSR count). The van der Waals surface area contributed by atoms with E-state index in [1.54, 1.807) is 31.6 Å². The van der Waals surface area contributed by atoms with Crippen molar-refractivity contribution in [3.8, 4) is 5.75 Å². The standard InChI is InChI=1S/C13H13BrFN3O/c1-19-10-4-9(6-17-7-10)13(18-16)8-2-3-12(15)11(14)5-8/h2-7,13,18H,16H2,1H3. The first-order valence-electron chi connectivity index (χ1n) is 5.55. The van der Waals surface area contributed by atoms with Crippen LogP contribution in [0.4, 0.5) is 4.39 Å². The van der Waals surface area contributed by atoms with Gasteiger partial charge in [0.05, 0.1) is 23.8 Å². The van der Waals surface area contributed by atoms with Gasteiger partial charge in [-0.2, -0.15) is 0 Å². The molecule has 2 aromatic rings. The van der Waals surface area contributed by atoms with Crippen LogP contribution in [-0.4, -0.2) is 12.1 Å². The lowest BCUT2D eigenvalue weighted by Gasteiger charge is -2.17. The predicted octanol–water partition coefficient (Wildman–Crippen LogP) is 2.54. The zero-order chi connectivity index (χ0) is 13.8. The molecule has 0 saturated carbocycles. The third-order valence-electron chi connectivity index (χ3n) is 2.75. The summed E-state index contributed by atoms with van der Waals surface area (Å²) < 4.78 is 18.8. The van der Waals surface area contributed by atoms with Gasteiger partial charge in [-0.1, -0.05) is 6.07 Å². The summed E-state index contributed by atoms with van der Waals surface area (Å²) in [6.07, 6.45) is 3.29. The molecule has 0 bridgehead atoms. The highest BCUT2D eigenvalue weighted by molar-refractivity contribution is 9.10. The van der Waals surface area contributed by atoms with Crippen LogP contribution in [0.15, 0.2) is 41.1 Å². The Kier molecular flexibility index (Phi) is 4.47. The van der Waals surface area contributed by atoms with Gasteiger partial charge in [-0.15, -0.1) is 0 Å². The number of aromatic nitrogens is 1. The molecule has 1 atom stereocenters. The number of nitrogens with zero attached hydrogens (tertiary/aromatic N) is 1. The van der Waals surface area contributed by atoms with Gasteiger partial charge in [-0.05, 0) is 45.3 Å². The number of hydrogen-bond acceptors (Lipinski definition) is 4. The van der Waals surface area contributed by atoms with Crippen LogP contribution in [-0.2, 0) is 0 Å². The Balaban J connectivity index is 2.40.